The fraction of sp³-hybridized carbons (Fsp3) is 0.929. The van der Waals surface area contributed by atoms with Crippen LogP contribution in [-0.2, 0) is 9.53 Å². The zero-order valence-electron chi connectivity index (χ0n) is 11.5. The van der Waals surface area contributed by atoms with Crippen LogP contribution in [0.15, 0.2) is 0 Å². The van der Waals surface area contributed by atoms with Crippen molar-refractivity contribution in [2.24, 2.45) is 17.8 Å². The Morgan fingerprint density at radius 2 is 2.06 bits per heavy atom. The SMILES string of the molecule is CCOC(=O)C(CC)C1(O)CC(C)CCC1C. The zero-order chi connectivity index (χ0) is 13.1. The summed E-state index contributed by atoms with van der Waals surface area (Å²) in [4.78, 5) is 11.9. The molecule has 100 valence electrons. The van der Waals surface area contributed by atoms with Crippen LogP contribution in [0.25, 0.3) is 0 Å². The number of carbonyl (C=O) groups is 1. The highest BCUT2D eigenvalue weighted by atomic mass is 16.5. The molecule has 0 aromatic carbocycles. The van der Waals surface area contributed by atoms with Crippen molar-refractivity contribution < 1.29 is 14.6 Å². The number of rotatable bonds is 4. The Kier molecular flexibility index (Phi) is 4.99. The summed E-state index contributed by atoms with van der Waals surface area (Å²) in [5, 5.41) is 10.9. The van der Waals surface area contributed by atoms with Gasteiger partial charge in [-0.05, 0) is 38.0 Å². The fourth-order valence-electron chi connectivity index (χ4n) is 3.10. The van der Waals surface area contributed by atoms with Gasteiger partial charge in [-0.3, -0.25) is 4.79 Å². The summed E-state index contributed by atoms with van der Waals surface area (Å²) in [6.45, 7) is 8.34. The molecule has 1 saturated carbocycles. The van der Waals surface area contributed by atoms with Gasteiger partial charge in [0.05, 0.1) is 18.1 Å². The first-order chi connectivity index (χ1) is 7.95. The number of esters is 1. The van der Waals surface area contributed by atoms with Crippen molar-refractivity contribution in [2.45, 2.75) is 59.0 Å². The Morgan fingerprint density at radius 3 is 2.59 bits per heavy atom. The minimum atomic E-state index is -0.876. The van der Waals surface area contributed by atoms with Gasteiger partial charge < -0.3 is 9.84 Å². The van der Waals surface area contributed by atoms with E-state index in [2.05, 4.69) is 6.92 Å². The van der Waals surface area contributed by atoms with Crippen LogP contribution in [0.3, 0.4) is 0 Å². The van der Waals surface area contributed by atoms with Gasteiger partial charge in [0, 0.05) is 0 Å². The lowest BCUT2D eigenvalue weighted by Gasteiger charge is -2.44. The Labute approximate surface area is 105 Å². The molecule has 17 heavy (non-hydrogen) atoms. The van der Waals surface area contributed by atoms with Crippen molar-refractivity contribution in [2.75, 3.05) is 6.61 Å². The summed E-state index contributed by atoms with van der Waals surface area (Å²) < 4.78 is 5.10. The van der Waals surface area contributed by atoms with Crippen molar-refractivity contribution in [1.29, 1.82) is 0 Å². The lowest BCUT2D eigenvalue weighted by molar-refractivity contribution is -0.169. The van der Waals surface area contributed by atoms with E-state index in [0.717, 1.165) is 12.8 Å². The molecule has 4 atom stereocenters. The Bertz CT molecular complexity index is 264. The average molecular weight is 242 g/mol. The highest BCUT2D eigenvalue weighted by Crippen LogP contribution is 2.43. The molecule has 1 rings (SSSR count). The molecule has 1 aliphatic rings. The number of hydrogen-bond acceptors (Lipinski definition) is 3. The summed E-state index contributed by atoms with van der Waals surface area (Å²) in [6.07, 6.45) is 3.49. The van der Waals surface area contributed by atoms with E-state index in [4.69, 9.17) is 4.74 Å². The second kappa shape index (κ2) is 5.85. The van der Waals surface area contributed by atoms with Crippen LogP contribution in [0.1, 0.15) is 53.4 Å². The molecule has 1 fully saturated rings. The van der Waals surface area contributed by atoms with E-state index in [0.29, 0.717) is 25.4 Å². The number of hydrogen-bond donors (Lipinski definition) is 1. The van der Waals surface area contributed by atoms with E-state index in [1.165, 1.54) is 0 Å². The Balaban J connectivity index is 2.86. The van der Waals surface area contributed by atoms with Crippen molar-refractivity contribution >= 4 is 5.97 Å². The molecular formula is C14H26O3. The van der Waals surface area contributed by atoms with Gasteiger partial charge in [0.25, 0.3) is 0 Å². The van der Waals surface area contributed by atoms with Crippen LogP contribution in [0, 0.1) is 17.8 Å². The maximum absolute atomic E-state index is 11.9. The highest BCUT2D eigenvalue weighted by molar-refractivity contribution is 5.74. The molecule has 0 aliphatic heterocycles. The first kappa shape index (κ1) is 14.5. The molecule has 3 heteroatoms. The van der Waals surface area contributed by atoms with Gasteiger partial charge in [-0.15, -0.1) is 0 Å². The predicted molar refractivity (Wildman–Crippen MR) is 67.5 cm³/mol. The van der Waals surface area contributed by atoms with Gasteiger partial charge in [0.2, 0.25) is 0 Å². The van der Waals surface area contributed by atoms with Gasteiger partial charge in [0.1, 0.15) is 0 Å². The molecule has 4 unspecified atom stereocenters. The van der Waals surface area contributed by atoms with Gasteiger partial charge in [-0.1, -0.05) is 27.2 Å². The van der Waals surface area contributed by atoms with Gasteiger partial charge in [-0.25, -0.2) is 0 Å². The molecule has 3 nitrogen and oxygen atoms in total. The molecule has 0 radical (unpaired) electrons. The molecule has 1 aliphatic carbocycles. The molecule has 0 aromatic rings. The standard InChI is InChI=1S/C14H26O3/c1-5-12(13(15)17-6-2)14(16)9-10(3)7-8-11(14)4/h10-12,16H,5-9H2,1-4H3. The summed E-state index contributed by atoms with van der Waals surface area (Å²) in [7, 11) is 0. The van der Waals surface area contributed by atoms with E-state index in [-0.39, 0.29) is 17.8 Å². The van der Waals surface area contributed by atoms with E-state index in [9.17, 15) is 9.90 Å². The third-order valence-corrected chi connectivity index (χ3v) is 4.20. The molecule has 0 heterocycles. The fourth-order valence-corrected chi connectivity index (χ4v) is 3.10. The molecule has 0 aromatic heterocycles. The lowest BCUT2D eigenvalue weighted by Crippen LogP contribution is -2.51. The van der Waals surface area contributed by atoms with Crippen LogP contribution in [-0.4, -0.2) is 23.3 Å². The summed E-state index contributed by atoms with van der Waals surface area (Å²) in [5.74, 6) is 0.0476. The number of carbonyl (C=O) groups excluding carboxylic acids is 1. The van der Waals surface area contributed by atoms with E-state index in [1.54, 1.807) is 0 Å². The van der Waals surface area contributed by atoms with Crippen LogP contribution < -0.4 is 0 Å². The van der Waals surface area contributed by atoms with Gasteiger partial charge in [-0.2, -0.15) is 0 Å². The third-order valence-electron chi connectivity index (χ3n) is 4.20. The van der Waals surface area contributed by atoms with Crippen LogP contribution in [0.2, 0.25) is 0 Å². The summed E-state index contributed by atoms with van der Waals surface area (Å²) in [6, 6.07) is 0. The first-order valence-electron chi connectivity index (χ1n) is 6.84. The largest absolute Gasteiger partial charge is 0.466 e. The van der Waals surface area contributed by atoms with E-state index in [1.807, 2.05) is 20.8 Å². The lowest BCUT2D eigenvalue weighted by atomic mass is 9.65. The Morgan fingerprint density at radius 1 is 1.41 bits per heavy atom. The van der Waals surface area contributed by atoms with Crippen LogP contribution in [0.4, 0.5) is 0 Å². The predicted octanol–water partition coefficient (Wildman–Crippen LogP) is 2.76. The molecule has 1 N–H and O–H groups in total. The molecule has 0 saturated heterocycles. The van der Waals surface area contributed by atoms with Crippen molar-refractivity contribution in [3.8, 4) is 0 Å². The number of ether oxygens (including phenoxy) is 1. The minimum absolute atomic E-state index is 0.174. The van der Waals surface area contributed by atoms with Crippen molar-refractivity contribution in [3.63, 3.8) is 0 Å². The number of aliphatic hydroxyl groups is 1. The maximum atomic E-state index is 11.9. The van der Waals surface area contributed by atoms with Gasteiger partial charge >= 0.3 is 5.97 Å². The van der Waals surface area contributed by atoms with E-state index >= 15 is 0 Å². The quantitative estimate of drug-likeness (QED) is 0.771. The second-order valence-corrected chi connectivity index (χ2v) is 5.49. The van der Waals surface area contributed by atoms with Gasteiger partial charge in [0.15, 0.2) is 0 Å². The van der Waals surface area contributed by atoms with E-state index < -0.39 is 5.60 Å². The zero-order valence-corrected chi connectivity index (χ0v) is 11.5. The Hall–Kier alpha value is -0.570. The maximum Gasteiger partial charge on any atom is 0.311 e. The normalized spacial score (nSPS) is 35.4. The molecule has 0 spiro atoms. The highest BCUT2D eigenvalue weighted by Gasteiger charge is 2.47. The smallest absolute Gasteiger partial charge is 0.311 e. The van der Waals surface area contributed by atoms with Crippen molar-refractivity contribution in [3.05, 3.63) is 0 Å². The monoisotopic (exact) mass is 242 g/mol. The van der Waals surface area contributed by atoms with Crippen molar-refractivity contribution in [1.82, 2.24) is 0 Å². The molecule has 0 amide bonds. The summed E-state index contributed by atoms with van der Waals surface area (Å²) >= 11 is 0. The molecular weight excluding hydrogens is 216 g/mol. The minimum Gasteiger partial charge on any atom is -0.466 e. The first-order valence-corrected chi connectivity index (χ1v) is 6.84. The topological polar surface area (TPSA) is 46.5 Å². The van der Waals surface area contributed by atoms with Crippen LogP contribution >= 0.6 is 0 Å². The summed E-state index contributed by atoms with van der Waals surface area (Å²) in [5.41, 5.74) is -0.876. The third kappa shape index (κ3) is 3.01. The van der Waals surface area contributed by atoms with Crippen LogP contribution in [0.5, 0.6) is 0 Å². The average Bonchev–Trinajstić information content (AvgIpc) is 2.25. The molecule has 0 bridgehead atoms. The second-order valence-electron chi connectivity index (χ2n) is 5.49.